The van der Waals surface area contributed by atoms with Crippen LogP contribution < -0.4 is 5.32 Å². The van der Waals surface area contributed by atoms with Gasteiger partial charge in [-0.05, 0) is 6.92 Å². The van der Waals surface area contributed by atoms with E-state index in [0.29, 0.717) is 6.61 Å². The van der Waals surface area contributed by atoms with E-state index in [1.165, 1.54) is 0 Å². The molecule has 1 saturated heterocycles. The fourth-order valence-corrected chi connectivity index (χ4v) is 2.14. The van der Waals surface area contributed by atoms with E-state index in [-0.39, 0.29) is 0 Å². The largest absolute Gasteiger partial charge is 0.343 e. The molecule has 0 radical (unpaired) electrons. The molecule has 0 aliphatic carbocycles. The molecule has 0 saturated carbocycles. The van der Waals surface area contributed by atoms with E-state index in [0.717, 1.165) is 12.3 Å². The van der Waals surface area contributed by atoms with Crippen LogP contribution in [0.5, 0.6) is 0 Å². The van der Waals surface area contributed by atoms with Gasteiger partial charge in [-0.15, -0.1) is 12.6 Å². The van der Waals surface area contributed by atoms with E-state index in [4.69, 9.17) is 4.74 Å². The molecular formula is C5H11NOS2. The van der Waals surface area contributed by atoms with Crippen LogP contribution in [0, 0.1) is 0 Å². The van der Waals surface area contributed by atoms with Crippen molar-refractivity contribution in [3.63, 3.8) is 0 Å². The molecular weight excluding hydrogens is 154 g/mol. The average Bonchev–Trinajstić information content (AvgIpc) is 2.16. The highest BCUT2D eigenvalue weighted by molar-refractivity contribution is 8.11. The van der Waals surface area contributed by atoms with Gasteiger partial charge in [0.2, 0.25) is 4.39 Å². The zero-order valence-corrected chi connectivity index (χ0v) is 7.10. The summed E-state index contributed by atoms with van der Waals surface area (Å²) in [4.78, 5) is 0. The minimum absolute atomic E-state index is 0.394. The molecule has 1 fully saturated rings. The first-order valence-electron chi connectivity index (χ1n) is 3.02. The fraction of sp³-hybridized carbons (Fsp3) is 1.00. The molecule has 1 rings (SSSR count). The van der Waals surface area contributed by atoms with Crippen LogP contribution >= 0.6 is 24.4 Å². The lowest BCUT2D eigenvalue weighted by molar-refractivity contribution is 0.0849. The van der Waals surface area contributed by atoms with Crippen molar-refractivity contribution in [2.75, 3.05) is 18.9 Å². The number of thiol groups is 1. The summed E-state index contributed by atoms with van der Waals surface area (Å²) in [7, 11) is 0. The van der Waals surface area contributed by atoms with Crippen molar-refractivity contribution in [3.05, 3.63) is 0 Å². The first-order chi connectivity index (χ1) is 4.27. The standard InChI is InChI=1S/C5H11NOS2/c1-2-7-5(8)6-3-4-9-5/h6,8H,2-4H2,1H3. The molecule has 9 heavy (non-hydrogen) atoms. The van der Waals surface area contributed by atoms with Crippen molar-refractivity contribution in [2.24, 2.45) is 0 Å². The van der Waals surface area contributed by atoms with Crippen LogP contribution in [-0.4, -0.2) is 23.3 Å². The smallest absolute Gasteiger partial charge is 0.213 e. The Morgan fingerprint density at radius 2 is 2.67 bits per heavy atom. The van der Waals surface area contributed by atoms with E-state index in [1.54, 1.807) is 11.8 Å². The molecule has 2 nitrogen and oxygen atoms in total. The Morgan fingerprint density at radius 1 is 1.89 bits per heavy atom. The predicted molar refractivity (Wildman–Crippen MR) is 43.8 cm³/mol. The maximum Gasteiger partial charge on any atom is 0.213 e. The Morgan fingerprint density at radius 3 is 3.11 bits per heavy atom. The molecule has 0 bridgehead atoms. The summed E-state index contributed by atoms with van der Waals surface area (Å²) in [6.45, 7) is 3.68. The predicted octanol–water partition coefficient (Wildman–Crippen LogP) is 0.900. The lowest BCUT2D eigenvalue weighted by Gasteiger charge is -2.20. The molecule has 1 aliphatic rings. The summed E-state index contributed by atoms with van der Waals surface area (Å²) in [5, 5.41) is 3.14. The maximum atomic E-state index is 5.31. The van der Waals surface area contributed by atoms with Gasteiger partial charge in [0, 0.05) is 18.9 Å². The Balaban J connectivity index is 2.32. The SMILES string of the molecule is CCOC1(S)NCCS1. The van der Waals surface area contributed by atoms with E-state index >= 15 is 0 Å². The topological polar surface area (TPSA) is 21.3 Å². The van der Waals surface area contributed by atoms with Crippen LogP contribution in [-0.2, 0) is 4.74 Å². The third-order valence-electron chi connectivity index (χ3n) is 1.09. The van der Waals surface area contributed by atoms with Crippen molar-refractivity contribution < 1.29 is 4.74 Å². The van der Waals surface area contributed by atoms with Crippen LogP contribution in [0.15, 0.2) is 0 Å². The van der Waals surface area contributed by atoms with Gasteiger partial charge in [0.15, 0.2) is 0 Å². The van der Waals surface area contributed by atoms with Crippen molar-refractivity contribution in [1.82, 2.24) is 5.32 Å². The molecule has 0 aromatic carbocycles. The number of hydrogen-bond donors (Lipinski definition) is 2. The Bertz CT molecular complexity index is 93.0. The first-order valence-corrected chi connectivity index (χ1v) is 4.45. The first kappa shape index (κ1) is 7.72. The molecule has 1 atom stereocenters. The Kier molecular flexibility index (Phi) is 2.70. The quantitative estimate of drug-likeness (QED) is 0.469. The zero-order chi connectivity index (χ0) is 6.74. The van der Waals surface area contributed by atoms with Gasteiger partial charge in [0.1, 0.15) is 0 Å². The van der Waals surface area contributed by atoms with E-state index in [2.05, 4.69) is 17.9 Å². The maximum absolute atomic E-state index is 5.31. The molecule has 1 unspecified atom stereocenters. The number of rotatable bonds is 2. The van der Waals surface area contributed by atoms with Crippen LogP contribution in [0.3, 0.4) is 0 Å². The summed E-state index contributed by atoms with van der Waals surface area (Å²) in [6, 6.07) is 0. The number of thioether (sulfide) groups is 1. The van der Waals surface area contributed by atoms with Gasteiger partial charge in [-0.1, -0.05) is 11.8 Å². The van der Waals surface area contributed by atoms with Crippen LogP contribution in [0.25, 0.3) is 0 Å². The normalized spacial score (nSPS) is 35.3. The number of nitrogens with one attached hydrogen (secondary N) is 1. The molecule has 1 aliphatic heterocycles. The van der Waals surface area contributed by atoms with E-state index in [9.17, 15) is 0 Å². The highest BCUT2D eigenvalue weighted by atomic mass is 32.2. The van der Waals surface area contributed by atoms with Gasteiger partial charge < -0.3 is 4.74 Å². The number of hydrogen-bond acceptors (Lipinski definition) is 4. The van der Waals surface area contributed by atoms with Crippen LogP contribution in [0.1, 0.15) is 6.92 Å². The van der Waals surface area contributed by atoms with E-state index in [1.807, 2.05) is 6.92 Å². The van der Waals surface area contributed by atoms with Gasteiger partial charge in [0.05, 0.1) is 0 Å². The minimum Gasteiger partial charge on any atom is -0.343 e. The molecule has 1 heterocycles. The highest BCUT2D eigenvalue weighted by Crippen LogP contribution is 2.31. The molecule has 4 heteroatoms. The van der Waals surface area contributed by atoms with Gasteiger partial charge >= 0.3 is 0 Å². The summed E-state index contributed by atoms with van der Waals surface area (Å²) < 4.78 is 4.91. The highest BCUT2D eigenvalue weighted by Gasteiger charge is 2.30. The lowest BCUT2D eigenvalue weighted by Crippen LogP contribution is -2.33. The summed E-state index contributed by atoms with van der Waals surface area (Å²) in [5.41, 5.74) is 0. The monoisotopic (exact) mass is 165 g/mol. The minimum atomic E-state index is -0.394. The Labute approximate surface area is 65.1 Å². The summed E-state index contributed by atoms with van der Waals surface area (Å²) in [6.07, 6.45) is 0. The van der Waals surface area contributed by atoms with Gasteiger partial charge in [0.25, 0.3) is 0 Å². The second-order valence-corrected chi connectivity index (χ2v) is 3.99. The van der Waals surface area contributed by atoms with Gasteiger partial charge in [-0.2, -0.15) is 0 Å². The lowest BCUT2D eigenvalue weighted by atomic mass is 10.7. The number of ether oxygens (including phenoxy) is 1. The fourth-order valence-electron chi connectivity index (χ4n) is 0.738. The molecule has 0 aromatic heterocycles. The average molecular weight is 165 g/mol. The van der Waals surface area contributed by atoms with Crippen molar-refractivity contribution >= 4 is 24.4 Å². The third-order valence-corrected chi connectivity index (χ3v) is 2.82. The second kappa shape index (κ2) is 3.14. The third kappa shape index (κ3) is 2.04. The Hall–Kier alpha value is 0.620. The summed E-state index contributed by atoms with van der Waals surface area (Å²) in [5.74, 6) is 1.09. The van der Waals surface area contributed by atoms with E-state index < -0.39 is 4.39 Å². The van der Waals surface area contributed by atoms with Crippen molar-refractivity contribution in [2.45, 2.75) is 11.3 Å². The summed E-state index contributed by atoms with van der Waals surface area (Å²) >= 11 is 5.99. The second-order valence-electron chi connectivity index (χ2n) is 1.79. The molecule has 54 valence electrons. The van der Waals surface area contributed by atoms with Gasteiger partial charge in [-0.25, -0.2) is 0 Å². The van der Waals surface area contributed by atoms with Gasteiger partial charge in [-0.3, -0.25) is 5.32 Å². The van der Waals surface area contributed by atoms with Crippen LogP contribution in [0.4, 0.5) is 0 Å². The van der Waals surface area contributed by atoms with Crippen molar-refractivity contribution in [3.8, 4) is 0 Å². The molecule has 0 amide bonds. The molecule has 0 spiro atoms. The van der Waals surface area contributed by atoms with Crippen LogP contribution in [0.2, 0.25) is 0 Å². The molecule has 0 aromatic rings. The zero-order valence-electron chi connectivity index (χ0n) is 5.39. The molecule has 1 N–H and O–H groups in total. The van der Waals surface area contributed by atoms with Crippen molar-refractivity contribution in [1.29, 1.82) is 0 Å².